The average molecular weight is 383 g/mol. The number of halogens is 1. The number of nitrogens with one attached hydrogen (secondary N) is 1. The van der Waals surface area contributed by atoms with Crippen LogP contribution in [-0.4, -0.2) is 35.5 Å². The molecule has 0 spiro atoms. The van der Waals surface area contributed by atoms with Crippen molar-refractivity contribution in [2.24, 2.45) is 0 Å². The van der Waals surface area contributed by atoms with Crippen LogP contribution in [0, 0.1) is 0 Å². The third-order valence-electron chi connectivity index (χ3n) is 3.30. The van der Waals surface area contributed by atoms with Crippen LogP contribution in [0.1, 0.15) is 12.6 Å². The molecule has 2 aliphatic heterocycles. The Balaban J connectivity index is 1.85. The summed E-state index contributed by atoms with van der Waals surface area (Å²) in [5.74, 6) is 0. The van der Waals surface area contributed by atoms with Gasteiger partial charge in [0.2, 0.25) is 0 Å². The predicted molar refractivity (Wildman–Crippen MR) is 73.0 cm³/mol. The number of hydrogen-bond acceptors (Lipinski definition) is 7. The molecule has 21 heavy (non-hydrogen) atoms. The summed E-state index contributed by atoms with van der Waals surface area (Å²) in [4.78, 5) is 25.3. The highest BCUT2D eigenvalue weighted by Crippen LogP contribution is 2.55. The van der Waals surface area contributed by atoms with Crippen LogP contribution in [0.5, 0.6) is 0 Å². The van der Waals surface area contributed by atoms with E-state index in [9.17, 15) is 14.2 Å². The zero-order valence-corrected chi connectivity index (χ0v) is 13.3. The van der Waals surface area contributed by atoms with E-state index in [-0.39, 0.29) is 11.1 Å². The van der Waals surface area contributed by atoms with Gasteiger partial charge in [-0.2, -0.15) is 0 Å². The summed E-state index contributed by atoms with van der Waals surface area (Å²) in [6.45, 7) is 0.0472. The fourth-order valence-corrected chi connectivity index (χ4v) is 3.72. The van der Waals surface area contributed by atoms with E-state index >= 15 is 0 Å². The second kappa shape index (κ2) is 5.45. The first kappa shape index (κ1) is 15.1. The summed E-state index contributed by atoms with van der Waals surface area (Å²) in [5.41, 5.74) is -1.11. The molecule has 0 radical (unpaired) electrons. The Bertz CT molecular complexity index is 716. The predicted octanol–water partition coefficient (Wildman–Crippen LogP) is 0.756. The lowest BCUT2D eigenvalue weighted by atomic mass is 10.2. The topological polar surface area (TPSA) is 109 Å². The number of aromatic nitrogens is 2. The number of fused-ring (bicyclic) bond motifs is 1. The molecule has 11 heteroatoms. The van der Waals surface area contributed by atoms with E-state index in [1.54, 1.807) is 0 Å². The van der Waals surface area contributed by atoms with Crippen molar-refractivity contribution in [2.75, 3.05) is 13.7 Å². The maximum absolute atomic E-state index is 11.9. The SMILES string of the molecule is COP1(=O)OCC2OC(n3cc(Br)c(=O)[nH]c3=O)CC2O1. The Labute approximate surface area is 126 Å². The van der Waals surface area contributed by atoms with Gasteiger partial charge in [-0.15, -0.1) is 0 Å². The van der Waals surface area contributed by atoms with Crippen molar-refractivity contribution in [3.05, 3.63) is 31.5 Å². The molecule has 2 saturated heterocycles. The molecule has 1 aromatic rings. The number of rotatable bonds is 2. The summed E-state index contributed by atoms with van der Waals surface area (Å²) in [6.07, 6.45) is 0.0318. The molecule has 116 valence electrons. The second-order valence-electron chi connectivity index (χ2n) is 4.58. The van der Waals surface area contributed by atoms with Crippen LogP contribution in [-0.2, 0) is 22.9 Å². The van der Waals surface area contributed by atoms with Gasteiger partial charge in [0.15, 0.2) is 0 Å². The van der Waals surface area contributed by atoms with Crippen LogP contribution in [0.4, 0.5) is 0 Å². The zero-order chi connectivity index (χ0) is 15.2. The Kier molecular flexibility index (Phi) is 3.93. The highest BCUT2D eigenvalue weighted by molar-refractivity contribution is 9.10. The van der Waals surface area contributed by atoms with Crippen LogP contribution in [0.2, 0.25) is 0 Å². The number of phosphoric ester groups is 1. The standard InChI is InChI=1S/C10H12BrN2O7P/c1-17-21(16)18-4-7-6(20-21)2-8(19-7)13-3-5(11)9(14)12-10(13)15/h3,6-8H,2,4H2,1H3,(H,12,14,15). The molecule has 3 heterocycles. The van der Waals surface area contributed by atoms with E-state index in [1.165, 1.54) is 17.9 Å². The molecule has 0 amide bonds. The van der Waals surface area contributed by atoms with Crippen LogP contribution in [0.25, 0.3) is 0 Å². The van der Waals surface area contributed by atoms with Crippen LogP contribution >= 0.6 is 23.8 Å². The average Bonchev–Trinajstić information content (AvgIpc) is 2.85. The summed E-state index contributed by atoms with van der Waals surface area (Å²) < 4.78 is 34.0. The fraction of sp³-hybridized carbons (Fsp3) is 0.600. The summed E-state index contributed by atoms with van der Waals surface area (Å²) in [5, 5.41) is 0. The molecular weight excluding hydrogens is 371 g/mol. The van der Waals surface area contributed by atoms with Gasteiger partial charge in [0, 0.05) is 19.7 Å². The van der Waals surface area contributed by atoms with E-state index < -0.39 is 37.5 Å². The molecule has 3 rings (SSSR count). The monoisotopic (exact) mass is 382 g/mol. The molecular formula is C10H12BrN2O7P. The molecule has 4 atom stereocenters. The molecule has 0 bridgehead atoms. The third-order valence-corrected chi connectivity index (χ3v) is 5.31. The number of nitrogens with zero attached hydrogens (tertiary/aromatic N) is 1. The maximum Gasteiger partial charge on any atom is 0.474 e. The van der Waals surface area contributed by atoms with Crippen molar-refractivity contribution in [1.82, 2.24) is 9.55 Å². The minimum Gasteiger partial charge on any atom is -0.349 e. The fourth-order valence-electron chi connectivity index (χ4n) is 2.26. The third kappa shape index (κ3) is 2.79. The lowest BCUT2D eigenvalue weighted by Gasteiger charge is -2.28. The normalized spacial score (nSPS) is 35.6. The maximum atomic E-state index is 11.9. The van der Waals surface area contributed by atoms with Gasteiger partial charge in [-0.1, -0.05) is 0 Å². The lowest BCUT2D eigenvalue weighted by molar-refractivity contribution is -0.0701. The molecule has 0 aromatic carbocycles. The lowest BCUT2D eigenvalue weighted by Crippen LogP contribution is -2.33. The van der Waals surface area contributed by atoms with Crippen LogP contribution in [0.15, 0.2) is 20.3 Å². The van der Waals surface area contributed by atoms with Crippen molar-refractivity contribution in [1.29, 1.82) is 0 Å². The summed E-state index contributed by atoms with van der Waals surface area (Å²) >= 11 is 3.05. The Morgan fingerprint density at radius 1 is 1.48 bits per heavy atom. The molecule has 0 saturated carbocycles. The van der Waals surface area contributed by atoms with Gasteiger partial charge in [0.05, 0.1) is 11.1 Å². The van der Waals surface area contributed by atoms with Gasteiger partial charge < -0.3 is 4.74 Å². The molecule has 1 N–H and O–H groups in total. The van der Waals surface area contributed by atoms with E-state index in [2.05, 4.69) is 20.9 Å². The summed E-state index contributed by atoms with van der Waals surface area (Å²) in [6, 6.07) is 0. The molecule has 4 unspecified atom stereocenters. The van der Waals surface area contributed by atoms with Gasteiger partial charge in [-0.3, -0.25) is 27.9 Å². The molecule has 1 aromatic heterocycles. The van der Waals surface area contributed by atoms with Gasteiger partial charge >= 0.3 is 13.5 Å². The van der Waals surface area contributed by atoms with E-state index in [1.807, 2.05) is 0 Å². The van der Waals surface area contributed by atoms with Crippen molar-refractivity contribution in [3.8, 4) is 0 Å². The first-order valence-corrected chi connectivity index (χ1v) is 8.32. The van der Waals surface area contributed by atoms with Crippen LogP contribution < -0.4 is 11.2 Å². The summed E-state index contributed by atoms with van der Waals surface area (Å²) in [7, 11) is -2.31. The van der Waals surface area contributed by atoms with Gasteiger partial charge in [0.25, 0.3) is 5.56 Å². The minimum absolute atomic E-state index is 0.0472. The molecule has 0 aliphatic carbocycles. The Hall–Kier alpha value is -0.770. The zero-order valence-electron chi connectivity index (χ0n) is 10.9. The second-order valence-corrected chi connectivity index (χ2v) is 7.16. The van der Waals surface area contributed by atoms with Crippen molar-refractivity contribution in [2.45, 2.75) is 24.9 Å². The highest BCUT2D eigenvalue weighted by atomic mass is 79.9. The number of aromatic amines is 1. The number of H-pyrrole nitrogens is 1. The van der Waals surface area contributed by atoms with Crippen molar-refractivity contribution >= 4 is 23.8 Å². The Morgan fingerprint density at radius 2 is 2.24 bits per heavy atom. The first-order valence-electron chi connectivity index (χ1n) is 6.07. The minimum atomic E-state index is -3.55. The van der Waals surface area contributed by atoms with E-state index in [0.29, 0.717) is 6.42 Å². The number of hydrogen-bond donors (Lipinski definition) is 1. The van der Waals surface area contributed by atoms with Gasteiger partial charge in [-0.05, 0) is 15.9 Å². The first-order chi connectivity index (χ1) is 9.92. The largest absolute Gasteiger partial charge is 0.474 e. The van der Waals surface area contributed by atoms with Crippen molar-refractivity contribution < 1.29 is 22.9 Å². The molecule has 9 nitrogen and oxygen atoms in total. The van der Waals surface area contributed by atoms with Crippen LogP contribution in [0.3, 0.4) is 0 Å². The van der Waals surface area contributed by atoms with E-state index in [0.717, 1.165) is 0 Å². The van der Waals surface area contributed by atoms with Gasteiger partial charge in [0.1, 0.15) is 18.4 Å². The quantitative estimate of drug-likeness (QED) is 0.751. The Morgan fingerprint density at radius 3 is 2.95 bits per heavy atom. The van der Waals surface area contributed by atoms with E-state index in [4.69, 9.17) is 18.3 Å². The highest BCUT2D eigenvalue weighted by Gasteiger charge is 2.47. The smallest absolute Gasteiger partial charge is 0.349 e. The van der Waals surface area contributed by atoms with Crippen molar-refractivity contribution in [3.63, 3.8) is 0 Å². The number of ether oxygens (including phenoxy) is 1. The number of phosphoric acid groups is 1. The molecule has 2 fully saturated rings. The molecule has 2 aliphatic rings. The van der Waals surface area contributed by atoms with Gasteiger partial charge in [-0.25, -0.2) is 9.36 Å².